The molecule has 0 unspecified atom stereocenters. The molecule has 0 aliphatic rings. The number of aromatic nitrogens is 3. The molecule has 0 N–H and O–H groups in total. The molecule has 2 aromatic heterocycles. The first kappa shape index (κ1) is 11.2. The second-order valence-electron chi connectivity index (χ2n) is 3.33. The van der Waals surface area contributed by atoms with Gasteiger partial charge in [-0.05, 0) is 6.42 Å². The van der Waals surface area contributed by atoms with Crippen molar-refractivity contribution in [3.05, 3.63) is 27.6 Å². The summed E-state index contributed by atoms with van der Waals surface area (Å²) in [5.41, 5.74) is 1.54. The zero-order valence-electron chi connectivity index (χ0n) is 8.54. The Morgan fingerprint density at radius 3 is 2.88 bits per heavy atom. The largest absolute Gasteiger partial charge is 0.215 e. The highest BCUT2D eigenvalue weighted by Crippen LogP contribution is 2.26. The van der Waals surface area contributed by atoms with Crippen LogP contribution in [0.4, 0.5) is 0 Å². The minimum atomic E-state index is 0.344. The maximum Gasteiger partial charge on any atom is 0.176 e. The highest BCUT2D eigenvalue weighted by atomic mass is 35.5. The molecule has 2 heterocycles. The van der Waals surface area contributed by atoms with Crippen molar-refractivity contribution in [1.29, 1.82) is 5.26 Å². The van der Waals surface area contributed by atoms with Crippen LogP contribution in [0.1, 0.15) is 24.5 Å². The normalized spacial score (nSPS) is 10.6. The monoisotopic (exact) mass is 254 g/mol. The molecule has 0 aliphatic heterocycles. The quantitative estimate of drug-likeness (QED) is 0.775. The van der Waals surface area contributed by atoms with Crippen LogP contribution in [0.5, 0.6) is 0 Å². The van der Waals surface area contributed by atoms with Crippen LogP contribution in [0.2, 0.25) is 10.3 Å². The van der Waals surface area contributed by atoms with Gasteiger partial charge in [-0.25, -0.2) is 9.50 Å². The standard InChI is InChI=1S/C10H8Cl2N4/c1-2-3-7-8(11)15-10-6(4-13)5-14-16(10)9(7)12/h5H,2-3H2,1H3. The first-order valence-corrected chi connectivity index (χ1v) is 5.56. The number of fused-ring (bicyclic) bond motifs is 1. The van der Waals surface area contributed by atoms with Gasteiger partial charge in [0.15, 0.2) is 5.65 Å². The third kappa shape index (κ3) is 1.62. The van der Waals surface area contributed by atoms with Gasteiger partial charge >= 0.3 is 0 Å². The van der Waals surface area contributed by atoms with E-state index in [1.54, 1.807) is 0 Å². The molecule has 0 saturated carbocycles. The van der Waals surface area contributed by atoms with E-state index in [1.807, 2.05) is 13.0 Å². The molecule has 0 atom stereocenters. The molecule has 0 aliphatic carbocycles. The second-order valence-corrected chi connectivity index (χ2v) is 4.04. The summed E-state index contributed by atoms with van der Waals surface area (Å²) >= 11 is 12.2. The van der Waals surface area contributed by atoms with Crippen LogP contribution in [0.15, 0.2) is 6.20 Å². The number of hydrogen-bond acceptors (Lipinski definition) is 3. The first-order valence-electron chi connectivity index (χ1n) is 4.80. The highest BCUT2D eigenvalue weighted by Gasteiger charge is 2.15. The minimum absolute atomic E-state index is 0.344. The topological polar surface area (TPSA) is 54.0 Å². The summed E-state index contributed by atoms with van der Waals surface area (Å²) in [6.45, 7) is 2.03. The Morgan fingerprint density at radius 2 is 2.25 bits per heavy atom. The number of nitriles is 1. The molecule has 0 saturated heterocycles. The lowest BCUT2D eigenvalue weighted by atomic mass is 10.2. The first-order chi connectivity index (χ1) is 7.69. The van der Waals surface area contributed by atoms with Crippen molar-refractivity contribution in [1.82, 2.24) is 14.6 Å². The smallest absolute Gasteiger partial charge is 0.176 e. The molecule has 0 spiro atoms. The summed E-state index contributed by atoms with van der Waals surface area (Å²) in [5, 5.41) is 13.6. The fourth-order valence-corrected chi connectivity index (χ4v) is 2.12. The Labute approximate surface area is 102 Å². The summed E-state index contributed by atoms with van der Waals surface area (Å²) in [6, 6.07) is 1.99. The van der Waals surface area contributed by atoms with Crippen molar-refractivity contribution in [2.45, 2.75) is 19.8 Å². The van der Waals surface area contributed by atoms with Crippen LogP contribution < -0.4 is 0 Å². The number of rotatable bonds is 2. The molecule has 2 aromatic rings. The maximum atomic E-state index is 8.85. The van der Waals surface area contributed by atoms with Gasteiger partial charge in [-0.2, -0.15) is 10.4 Å². The number of halogens is 2. The van der Waals surface area contributed by atoms with E-state index in [2.05, 4.69) is 10.1 Å². The van der Waals surface area contributed by atoms with Crippen LogP contribution in [0, 0.1) is 11.3 Å². The highest BCUT2D eigenvalue weighted by molar-refractivity contribution is 6.34. The van der Waals surface area contributed by atoms with Gasteiger partial charge in [0, 0.05) is 5.56 Å². The van der Waals surface area contributed by atoms with Gasteiger partial charge in [0.1, 0.15) is 21.9 Å². The average Bonchev–Trinajstić information content (AvgIpc) is 2.67. The summed E-state index contributed by atoms with van der Waals surface area (Å²) in [4.78, 5) is 4.14. The van der Waals surface area contributed by atoms with Crippen LogP contribution in [0.25, 0.3) is 5.65 Å². The second kappa shape index (κ2) is 4.28. The maximum absolute atomic E-state index is 8.85. The van der Waals surface area contributed by atoms with Crippen LogP contribution in [-0.4, -0.2) is 14.6 Å². The average molecular weight is 255 g/mol. The summed E-state index contributed by atoms with van der Waals surface area (Å²) < 4.78 is 1.44. The number of hydrogen-bond donors (Lipinski definition) is 0. The van der Waals surface area contributed by atoms with Gasteiger partial charge in [0.25, 0.3) is 0 Å². The molecule has 16 heavy (non-hydrogen) atoms. The van der Waals surface area contributed by atoms with Crippen LogP contribution in [-0.2, 0) is 6.42 Å². The molecule has 6 heteroatoms. The van der Waals surface area contributed by atoms with Crippen molar-refractivity contribution in [3.8, 4) is 6.07 Å². The molecule has 0 aromatic carbocycles. The molecule has 82 valence electrons. The van der Waals surface area contributed by atoms with Gasteiger partial charge in [0.2, 0.25) is 0 Å². The summed E-state index contributed by atoms with van der Waals surface area (Å²) in [5.74, 6) is 0. The number of nitrogens with zero attached hydrogens (tertiary/aromatic N) is 4. The van der Waals surface area contributed by atoms with E-state index in [1.165, 1.54) is 10.7 Å². The Balaban J connectivity index is 2.76. The van der Waals surface area contributed by atoms with Crippen LogP contribution >= 0.6 is 23.2 Å². The van der Waals surface area contributed by atoms with Crippen molar-refractivity contribution < 1.29 is 0 Å². The van der Waals surface area contributed by atoms with Gasteiger partial charge in [-0.15, -0.1) is 0 Å². The molecule has 0 radical (unpaired) electrons. The van der Waals surface area contributed by atoms with Gasteiger partial charge in [-0.1, -0.05) is 36.5 Å². The molecule has 4 nitrogen and oxygen atoms in total. The van der Waals surface area contributed by atoms with E-state index in [9.17, 15) is 0 Å². The summed E-state index contributed by atoms with van der Waals surface area (Å²) in [6.07, 6.45) is 3.08. The van der Waals surface area contributed by atoms with Gasteiger partial charge < -0.3 is 0 Å². The lowest BCUT2D eigenvalue weighted by molar-refractivity contribution is 0.865. The molecular weight excluding hydrogens is 247 g/mol. The Hall–Kier alpha value is -1.31. The van der Waals surface area contributed by atoms with Gasteiger partial charge in [0.05, 0.1) is 6.20 Å². The van der Waals surface area contributed by atoms with Crippen molar-refractivity contribution in [3.63, 3.8) is 0 Å². The van der Waals surface area contributed by atoms with E-state index < -0.39 is 0 Å². The molecular formula is C10H8Cl2N4. The minimum Gasteiger partial charge on any atom is -0.215 e. The molecule has 2 rings (SSSR count). The zero-order valence-corrected chi connectivity index (χ0v) is 10.0. The van der Waals surface area contributed by atoms with E-state index in [0.29, 0.717) is 21.5 Å². The Morgan fingerprint density at radius 1 is 1.50 bits per heavy atom. The van der Waals surface area contributed by atoms with E-state index in [-0.39, 0.29) is 0 Å². The zero-order chi connectivity index (χ0) is 11.7. The SMILES string of the molecule is CCCc1c(Cl)nc2c(C#N)cnn2c1Cl. The molecule has 0 amide bonds. The van der Waals surface area contributed by atoms with Crippen molar-refractivity contribution >= 4 is 28.8 Å². The third-order valence-corrected chi connectivity index (χ3v) is 2.95. The summed E-state index contributed by atoms with van der Waals surface area (Å²) in [7, 11) is 0. The predicted molar refractivity (Wildman–Crippen MR) is 61.7 cm³/mol. The van der Waals surface area contributed by atoms with Crippen LogP contribution in [0.3, 0.4) is 0 Å². The molecule has 0 bridgehead atoms. The van der Waals surface area contributed by atoms with Gasteiger partial charge in [-0.3, -0.25) is 0 Å². The van der Waals surface area contributed by atoms with E-state index >= 15 is 0 Å². The Bertz CT molecular complexity index is 582. The van der Waals surface area contributed by atoms with Crippen molar-refractivity contribution in [2.75, 3.05) is 0 Å². The van der Waals surface area contributed by atoms with Crippen molar-refractivity contribution in [2.24, 2.45) is 0 Å². The lowest BCUT2D eigenvalue weighted by Gasteiger charge is -2.06. The fraction of sp³-hybridized carbons (Fsp3) is 0.300. The van der Waals surface area contributed by atoms with E-state index in [0.717, 1.165) is 18.4 Å². The third-order valence-electron chi connectivity index (χ3n) is 2.25. The lowest BCUT2D eigenvalue weighted by Crippen LogP contribution is -2.00. The fourth-order valence-electron chi connectivity index (χ4n) is 1.50. The predicted octanol–water partition coefficient (Wildman–Crippen LogP) is 2.86. The molecule has 0 fully saturated rings. The Kier molecular flexibility index (Phi) is 2.99. The van der Waals surface area contributed by atoms with E-state index in [4.69, 9.17) is 28.5 Å².